The fraction of sp³-hybridized carbons (Fsp3) is 0.531. The van der Waals surface area contributed by atoms with Crippen LogP contribution in [0.4, 0.5) is 0 Å². The molecule has 1 aromatic heterocycles. The van der Waals surface area contributed by atoms with Crippen molar-refractivity contribution in [2.24, 2.45) is 18.9 Å². The zero-order chi connectivity index (χ0) is 28.6. The average molecular weight is 580 g/mol. The first-order chi connectivity index (χ1) is 19.8. The molecule has 220 valence electrons. The lowest BCUT2D eigenvalue weighted by molar-refractivity contribution is -0.146. The van der Waals surface area contributed by atoms with Gasteiger partial charge >= 0.3 is 0 Å². The second-order valence-corrected chi connectivity index (χ2v) is 13.6. The number of carbonyl (C=O) groups excluding carboxylic acids is 1. The van der Waals surface area contributed by atoms with Crippen LogP contribution in [0.3, 0.4) is 0 Å². The molecule has 3 aromatic rings. The molecule has 3 fully saturated rings. The number of hydrogen-bond acceptors (Lipinski definition) is 5. The summed E-state index contributed by atoms with van der Waals surface area (Å²) in [5.41, 5.74) is 4.21. The van der Waals surface area contributed by atoms with Crippen LogP contribution >= 0.6 is 0 Å². The molecule has 9 heteroatoms. The third kappa shape index (κ3) is 6.09. The Morgan fingerprint density at radius 2 is 1.78 bits per heavy atom. The minimum absolute atomic E-state index is 0.0257. The lowest BCUT2D eigenvalue weighted by Crippen LogP contribution is -2.52. The van der Waals surface area contributed by atoms with E-state index in [1.165, 1.54) is 18.4 Å². The van der Waals surface area contributed by atoms with Gasteiger partial charge < -0.3 is 18.9 Å². The van der Waals surface area contributed by atoms with Crippen LogP contribution in [0.25, 0.3) is 22.2 Å². The normalized spacial score (nSPS) is 23.7. The molecule has 0 spiro atoms. The molecule has 0 unspecified atom stereocenters. The third-order valence-electron chi connectivity index (χ3n) is 9.18. The van der Waals surface area contributed by atoms with Gasteiger partial charge in [0.2, 0.25) is 15.9 Å². The van der Waals surface area contributed by atoms with Gasteiger partial charge in [-0.25, -0.2) is 13.1 Å². The van der Waals surface area contributed by atoms with Crippen molar-refractivity contribution in [1.82, 2.24) is 14.2 Å². The Labute approximate surface area is 243 Å². The monoisotopic (exact) mass is 579 g/mol. The van der Waals surface area contributed by atoms with Gasteiger partial charge in [-0.1, -0.05) is 30.3 Å². The summed E-state index contributed by atoms with van der Waals surface area (Å²) in [5.74, 6) is 0.801. The Balaban J connectivity index is 1.11. The topological polar surface area (TPSA) is 89.9 Å². The van der Waals surface area contributed by atoms with E-state index in [1.54, 1.807) is 19.2 Å². The van der Waals surface area contributed by atoms with Gasteiger partial charge in [0.15, 0.2) is 0 Å². The maximum Gasteiger partial charge on any atom is 0.240 e. The van der Waals surface area contributed by atoms with Crippen molar-refractivity contribution in [2.45, 2.75) is 61.9 Å². The predicted octanol–water partition coefficient (Wildman–Crippen LogP) is 4.51. The molecule has 6 rings (SSSR count). The number of methoxy groups -OCH3 is 1. The Bertz CT molecular complexity index is 1490. The smallest absolute Gasteiger partial charge is 0.240 e. The SMILES string of the molecule is COCCc1ccc(-c2cc3ccc(S(=O)(=O)NC4CCC(C(=O)N5CCOC[C@@H]5C5CC5)CC4)cc3n2C)cc1. The number of nitrogens with zero attached hydrogens (tertiary/aromatic N) is 2. The molecule has 1 aliphatic heterocycles. The van der Waals surface area contributed by atoms with E-state index in [9.17, 15) is 13.2 Å². The van der Waals surface area contributed by atoms with Gasteiger partial charge in [0.25, 0.3) is 0 Å². The predicted molar refractivity (Wildman–Crippen MR) is 159 cm³/mol. The number of fused-ring (bicyclic) bond motifs is 1. The number of benzene rings is 2. The fourth-order valence-corrected chi connectivity index (χ4v) is 7.89. The summed E-state index contributed by atoms with van der Waals surface area (Å²) in [6.45, 7) is 2.63. The molecule has 2 aliphatic carbocycles. The highest BCUT2D eigenvalue weighted by Crippen LogP contribution is 2.38. The average Bonchev–Trinajstić information content (AvgIpc) is 3.79. The van der Waals surface area contributed by atoms with Gasteiger partial charge in [-0.2, -0.15) is 0 Å². The van der Waals surface area contributed by atoms with Crippen LogP contribution < -0.4 is 4.72 Å². The number of rotatable bonds is 9. The second-order valence-electron chi connectivity index (χ2n) is 11.9. The Morgan fingerprint density at radius 3 is 2.49 bits per heavy atom. The number of nitrogens with one attached hydrogen (secondary N) is 1. The fourth-order valence-electron chi connectivity index (χ4n) is 6.56. The van der Waals surface area contributed by atoms with Crippen molar-refractivity contribution in [2.75, 3.05) is 33.5 Å². The summed E-state index contributed by atoms with van der Waals surface area (Å²) in [6, 6.07) is 15.9. The number of hydrogen-bond donors (Lipinski definition) is 1. The quantitative estimate of drug-likeness (QED) is 0.403. The van der Waals surface area contributed by atoms with Gasteiger partial charge in [-0.3, -0.25) is 4.79 Å². The highest BCUT2D eigenvalue weighted by Gasteiger charge is 2.41. The Hall–Kier alpha value is -2.72. The van der Waals surface area contributed by atoms with Crippen molar-refractivity contribution in [3.05, 3.63) is 54.1 Å². The van der Waals surface area contributed by atoms with Crippen LogP contribution in [0, 0.1) is 11.8 Å². The summed E-state index contributed by atoms with van der Waals surface area (Å²) in [5, 5.41) is 0.997. The minimum atomic E-state index is -3.70. The first-order valence-electron chi connectivity index (χ1n) is 14.9. The molecule has 2 heterocycles. The summed E-state index contributed by atoms with van der Waals surface area (Å²) in [7, 11) is -0.0159. The molecule has 0 radical (unpaired) electrons. The van der Waals surface area contributed by atoms with Crippen molar-refractivity contribution < 1.29 is 22.7 Å². The number of morpholine rings is 1. The van der Waals surface area contributed by atoms with E-state index in [-0.39, 0.29) is 28.8 Å². The molecule has 1 atom stereocenters. The van der Waals surface area contributed by atoms with Gasteiger partial charge in [0.1, 0.15) is 0 Å². The van der Waals surface area contributed by atoms with Gasteiger partial charge in [-0.15, -0.1) is 0 Å². The highest BCUT2D eigenvalue weighted by atomic mass is 32.2. The van der Waals surface area contributed by atoms with E-state index in [1.807, 2.05) is 13.1 Å². The Morgan fingerprint density at radius 1 is 1.02 bits per heavy atom. The molecular formula is C32H41N3O5S. The van der Waals surface area contributed by atoms with E-state index in [0.29, 0.717) is 58.0 Å². The molecule has 1 saturated heterocycles. The number of carbonyl (C=O) groups is 1. The van der Waals surface area contributed by atoms with Crippen molar-refractivity contribution >= 4 is 26.8 Å². The third-order valence-corrected chi connectivity index (χ3v) is 10.7. The van der Waals surface area contributed by atoms with Crippen LogP contribution in [-0.2, 0) is 37.8 Å². The van der Waals surface area contributed by atoms with Gasteiger partial charge in [-0.05, 0) is 80.2 Å². The summed E-state index contributed by atoms with van der Waals surface area (Å²) >= 11 is 0. The Kier molecular flexibility index (Phi) is 8.23. The molecular weight excluding hydrogens is 538 g/mol. The maximum atomic E-state index is 13.4. The van der Waals surface area contributed by atoms with Gasteiger partial charge in [0.05, 0.1) is 30.8 Å². The standard InChI is InChI=1S/C32H41N3O5S/c1-34-29(23-5-3-22(4-6-23)15-17-39-2)19-26-11-14-28(20-30(26)34)41(37,38)33-27-12-9-25(10-13-27)32(36)35-16-18-40-21-31(35)24-7-8-24/h3-6,11,14,19-20,24-25,27,31,33H,7-10,12-13,15-18,21H2,1-2H3/t25?,27?,31-/m1/s1. The molecule has 8 nitrogen and oxygen atoms in total. The molecule has 2 saturated carbocycles. The largest absolute Gasteiger partial charge is 0.384 e. The van der Waals surface area contributed by atoms with E-state index in [0.717, 1.165) is 28.6 Å². The van der Waals surface area contributed by atoms with Crippen LogP contribution in [0.2, 0.25) is 0 Å². The second kappa shape index (κ2) is 11.9. The summed E-state index contributed by atoms with van der Waals surface area (Å²) in [4.78, 5) is 15.7. The first kappa shape index (κ1) is 28.4. The number of aromatic nitrogens is 1. The molecule has 41 heavy (non-hydrogen) atoms. The van der Waals surface area contributed by atoms with E-state index in [2.05, 4.69) is 44.5 Å². The van der Waals surface area contributed by atoms with E-state index < -0.39 is 10.0 Å². The lowest BCUT2D eigenvalue weighted by atomic mass is 9.85. The number of sulfonamides is 1. The van der Waals surface area contributed by atoms with Crippen molar-refractivity contribution in [3.8, 4) is 11.3 Å². The lowest BCUT2D eigenvalue weighted by Gasteiger charge is -2.39. The van der Waals surface area contributed by atoms with E-state index >= 15 is 0 Å². The highest BCUT2D eigenvalue weighted by molar-refractivity contribution is 7.89. The summed E-state index contributed by atoms with van der Waals surface area (Å²) < 4.78 is 42.7. The molecule has 1 N–H and O–H groups in total. The molecule has 3 aliphatic rings. The number of ether oxygens (including phenoxy) is 2. The molecule has 0 bridgehead atoms. The van der Waals surface area contributed by atoms with Crippen LogP contribution in [-0.4, -0.2) is 69.4 Å². The van der Waals surface area contributed by atoms with Crippen LogP contribution in [0.5, 0.6) is 0 Å². The van der Waals surface area contributed by atoms with Crippen molar-refractivity contribution in [1.29, 1.82) is 0 Å². The first-order valence-corrected chi connectivity index (χ1v) is 16.4. The summed E-state index contributed by atoms with van der Waals surface area (Å²) in [6.07, 6.45) is 6.01. The minimum Gasteiger partial charge on any atom is -0.384 e. The maximum absolute atomic E-state index is 13.4. The van der Waals surface area contributed by atoms with Gasteiger partial charge in [0, 0.05) is 49.3 Å². The van der Waals surface area contributed by atoms with E-state index in [4.69, 9.17) is 9.47 Å². The molecule has 2 aromatic carbocycles. The number of amides is 1. The zero-order valence-electron chi connectivity index (χ0n) is 24.1. The number of aryl methyl sites for hydroxylation is 1. The molecule has 1 amide bonds. The van der Waals surface area contributed by atoms with Crippen LogP contribution in [0.15, 0.2) is 53.4 Å². The zero-order valence-corrected chi connectivity index (χ0v) is 24.9. The van der Waals surface area contributed by atoms with Crippen molar-refractivity contribution in [3.63, 3.8) is 0 Å². The van der Waals surface area contributed by atoms with Crippen LogP contribution in [0.1, 0.15) is 44.1 Å².